The van der Waals surface area contributed by atoms with E-state index < -0.39 is 0 Å². The maximum atomic E-state index is 4.48. The van der Waals surface area contributed by atoms with Gasteiger partial charge in [0.15, 0.2) is 0 Å². The number of nitrogens with zero attached hydrogens (tertiary/aromatic N) is 3. The van der Waals surface area contributed by atoms with E-state index in [4.69, 9.17) is 0 Å². The molecule has 22 heavy (non-hydrogen) atoms. The number of aryl methyl sites for hydroxylation is 2. The van der Waals surface area contributed by atoms with Gasteiger partial charge in [0.25, 0.3) is 0 Å². The SMILES string of the molecule is Cn1cccc1/C=C/c1ccc(/C=C/c2cccn2C)nc1. The van der Waals surface area contributed by atoms with Crippen LogP contribution in [0.25, 0.3) is 24.3 Å². The fraction of sp³-hybridized carbons (Fsp3) is 0.105. The molecule has 3 nitrogen and oxygen atoms in total. The largest absolute Gasteiger partial charge is 0.351 e. The lowest BCUT2D eigenvalue weighted by Crippen LogP contribution is -1.88. The van der Waals surface area contributed by atoms with E-state index in [1.807, 2.05) is 57.0 Å². The van der Waals surface area contributed by atoms with Crippen molar-refractivity contribution in [1.29, 1.82) is 0 Å². The second kappa shape index (κ2) is 6.31. The van der Waals surface area contributed by atoms with Crippen molar-refractivity contribution in [3.8, 4) is 0 Å². The normalized spacial score (nSPS) is 11.7. The van der Waals surface area contributed by atoms with Crippen LogP contribution in [0.4, 0.5) is 0 Å². The van der Waals surface area contributed by atoms with Crippen molar-refractivity contribution in [2.45, 2.75) is 0 Å². The molecule has 0 N–H and O–H groups in total. The molecule has 0 aromatic carbocycles. The predicted molar refractivity (Wildman–Crippen MR) is 92.9 cm³/mol. The molecular formula is C19H19N3. The van der Waals surface area contributed by atoms with Crippen LogP contribution in [0.3, 0.4) is 0 Å². The Morgan fingerprint density at radius 2 is 1.41 bits per heavy atom. The third-order valence-electron chi connectivity index (χ3n) is 3.65. The van der Waals surface area contributed by atoms with Gasteiger partial charge in [0.1, 0.15) is 0 Å². The van der Waals surface area contributed by atoms with Crippen molar-refractivity contribution in [2.24, 2.45) is 14.1 Å². The van der Waals surface area contributed by atoms with Gasteiger partial charge in [-0.25, -0.2) is 0 Å². The Labute approximate surface area is 130 Å². The van der Waals surface area contributed by atoms with Gasteiger partial charge in [-0.2, -0.15) is 0 Å². The number of aromatic nitrogens is 3. The van der Waals surface area contributed by atoms with Crippen molar-refractivity contribution >= 4 is 24.3 Å². The van der Waals surface area contributed by atoms with Crippen molar-refractivity contribution in [2.75, 3.05) is 0 Å². The highest BCUT2D eigenvalue weighted by molar-refractivity contribution is 5.70. The molecule has 0 bridgehead atoms. The lowest BCUT2D eigenvalue weighted by atomic mass is 10.2. The summed E-state index contributed by atoms with van der Waals surface area (Å²) < 4.78 is 4.16. The molecule has 0 saturated carbocycles. The monoisotopic (exact) mass is 289 g/mol. The van der Waals surface area contributed by atoms with Gasteiger partial charge in [-0.1, -0.05) is 12.1 Å². The molecule has 3 aromatic heterocycles. The predicted octanol–water partition coefficient (Wildman–Crippen LogP) is 4.10. The highest BCUT2D eigenvalue weighted by Gasteiger charge is 1.94. The lowest BCUT2D eigenvalue weighted by molar-refractivity contribution is 0.915. The zero-order valence-electron chi connectivity index (χ0n) is 12.8. The Bertz CT molecular complexity index is 732. The molecule has 0 spiro atoms. The standard InChI is InChI=1S/C19H19N3/c1-21-13-3-5-18(21)11-8-16-7-9-17(20-15-16)10-12-19-6-4-14-22(19)2/h3-15H,1-2H3/b11-8+,12-10+. The van der Waals surface area contributed by atoms with Crippen LogP contribution in [0.2, 0.25) is 0 Å². The molecule has 3 aromatic rings. The summed E-state index contributed by atoms with van der Waals surface area (Å²) in [5, 5.41) is 0. The van der Waals surface area contributed by atoms with Gasteiger partial charge >= 0.3 is 0 Å². The summed E-state index contributed by atoms with van der Waals surface area (Å²) in [5.41, 5.74) is 4.39. The molecule has 0 aliphatic carbocycles. The lowest BCUT2D eigenvalue weighted by Gasteiger charge is -1.98. The van der Waals surface area contributed by atoms with Gasteiger partial charge < -0.3 is 9.13 Å². The van der Waals surface area contributed by atoms with E-state index in [0.29, 0.717) is 0 Å². The number of hydrogen-bond donors (Lipinski definition) is 0. The Balaban J connectivity index is 1.70. The highest BCUT2D eigenvalue weighted by atomic mass is 14.9. The first-order valence-corrected chi connectivity index (χ1v) is 7.27. The fourth-order valence-electron chi connectivity index (χ4n) is 2.26. The van der Waals surface area contributed by atoms with Crippen LogP contribution < -0.4 is 0 Å². The van der Waals surface area contributed by atoms with Gasteiger partial charge in [-0.3, -0.25) is 4.98 Å². The number of hydrogen-bond acceptors (Lipinski definition) is 1. The van der Waals surface area contributed by atoms with E-state index in [1.165, 1.54) is 5.69 Å². The quantitative estimate of drug-likeness (QED) is 0.709. The second-order valence-electron chi connectivity index (χ2n) is 5.27. The first-order valence-electron chi connectivity index (χ1n) is 7.27. The summed E-state index contributed by atoms with van der Waals surface area (Å²) in [6, 6.07) is 12.3. The van der Waals surface area contributed by atoms with Crippen molar-refractivity contribution < 1.29 is 0 Å². The first kappa shape index (κ1) is 14.1. The summed E-state index contributed by atoms with van der Waals surface area (Å²) in [5.74, 6) is 0. The Kier molecular flexibility index (Phi) is 4.05. The molecule has 0 atom stereocenters. The summed E-state index contributed by atoms with van der Waals surface area (Å²) in [6.07, 6.45) is 14.2. The zero-order valence-corrected chi connectivity index (χ0v) is 12.8. The Morgan fingerprint density at radius 1 is 0.773 bits per heavy atom. The maximum Gasteiger partial charge on any atom is 0.0630 e. The molecule has 0 radical (unpaired) electrons. The smallest absolute Gasteiger partial charge is 0.0630 e. The van der Waals surface area contributed by atoms with E-state index in [2.05, 4.69) is 50.5 Å². The average Bonchev–Trinajstić information content (AvgIpc) is 3.12. The molecule has 3 heteroatoms. The topological polar surface area (TPSA) is 22.8 Å². The molecule has 3 rings (SSSR count). The molecule has 0 fully saturated rings. The molecule has 110 valence electrons. The molecule has 3 heterocycles. The van der Waals surface area contributed by atoms with E-state index in [0.717, 1.165) is 17.0 Å². The third kappa shape index (κ3) is 3.26. The Hall–Kier alpha value is -2.81. The van der Waals surface area contributed by atoms with Gasteiger partial charge in [-0.15, -0.1) is 0 Å². The molecular weight excluding hydrogens is 270 g/mol. The highest BCUT2D eigenvalue weighted by Crippen LogP contribution is 2.10. The summed E-state index contributed by atoms with van der Waals surface area (Å²) in [6.45, 7) is 0. The van der Waals surface area contributed by atoms with Gasteiger partial charge in [-0.05, 0) is 54.1 Å². The molecule has 0 aliphatic heterocycles. The van der Waals surface area contributed by atoms with Crippen LogP contribution in [0.15, 0.2) is 55.0 Å². The van der Waals surface area contributed by atoms with Crippen LogP contribution in [-0.4, -0.2) is 14.1 Å². The van der Waals surface area contributed by atoms with Crippen LogP contribution in [-0.2, 0) is 14.1 Å². The van der Waals surface area contributed by atoms with Crippen molar-refractivity contribution in [3.63, 3.8) is 0 Å². The van der Waals surface area contributed by atoms with Gasteiger partial charge in [0, 0.05) is 44.1 Å². The average molecular weight is 289 g/mol. The number of rotatable bonds is 4. The minimum absolute atomic E-state index is 0.956. The van der Waals surface area contributed by atoms with Crippen LogP contribution >= 0.6 is 0 Å². The van der Waals surface area contributed by atoms with Crippen molar-refractivity contribution in [1.82, 2.24) is 14.1 Å². The summed E-state index contributed by atoms with van der Waals surface area (Å²) in [4.78, 5) is 4.48. The molecule has 0 amide bonds. The second-order valence-corrected chi connectivity index (χ2v) is 5.27. The van der Waals surface area contributed by atoms with Crippen LogP contribution in [0, 0.1) is 0 Å². The third-order valence-corrected chi connectivity index (χ3v) is 3.65. The molecule has 0 unspecified atom stereocenters. The van der Waals surface area contributed by atoms with E-state index >= 15 is 0 Å². The first-order chi connectivity index (χ1) is 10.7. The Morgan fingerprint density at radius 3 is 1.91 bits per heavy atom. The zero-order chi connectivity index (χ0) is 15.4. The summed E-state index contributed by atoms with van der Waals surface area (Å²) >= 11 is 0. The molecule has 0 saturated heterocycles. The summed E-state index contributed by atoms with van der Waals surface area (Å²) in [7, 11) is 4.07. The van der Waals surface area contributed by atoms with Crippen LogP contribution in [0.1, 0.15) is 22.6 Å². The van der Waals surface area contributed by atoms with E-state index in [-0.39, 0.29) is 0 Å². The molecule has 0 aliphatic rings. The van der Waals surface area contributed by atoms with Gasteiger partial charge in [0.2, 0.25) is 0 Å². The minimum atomic E-state index is 0.956. The van der Waals surface area contributed by atoms with E-state index in [9.17, 15) is 0 Å². The number of pyridine rings is 1. The fourth-order valence-corrected chi connectivity index (χ4v) is 2.26. The van der Waals surface area contributed by atoms with Gasteiger partial charge in [0.05, 0.1) is 5.69 Å². The van der Waals surface area contributed by atoms with Crippen LogP contribution in [0.5, 0.6) is 0 Å². The van der Waals surface area contributed by atoms with E-state index in [1.54, 1.807) is 0 Å². The minimum Gasteiger partial charge on any atom is -0.351 e. The maximum absolute atomic E-state index is 4.48. The van der Waals surface area contributed by atoms with Crippen molar-refractivity contribution in [3.05, 3.63) is 77.6 Å².